The molecular formula is C19H22FN3O3. The van der Waals surface area contributed by atoms with Crippen LogP contribution in [0.4, 0.5) is 4.39 Å². The van der Waals surface area contributed by atoms with E-state index >= 15 is 0 Å². The number of piperidine rings is 1. The zero-order valence-corrected chi connectivity index (χ0v) is 14.9. The second-order valence-corrected chi connectivity index (χ2v) is 6.53. The van der Waals surface area contributed by atoms with Gasteiger partial charge >= 0.3 is 5.69 Å². The number of ether oxygens (including phenoxy) is 1. The molecule has 1 N–H and O–H groups in total. The molecule has 6 nitrogen and oxygen atoms in total. The molecule has 1 saturated heterocycles. The third-order valence-corrected chi connectivity index (χ3v) is 4.77. The van der Waals surface area contributed by atoms with Gasteiger partial charge in [-0.1, -0.05) is 18.2 Å². The monoisotopic (exact) mass is 359 g/mol. The maximum absolute atomic E-state index is 14.1. The summed E-state index contributed by atoms with van der Waals surface area (Å²) in [4.78, 5) is 32.6. The zero-order chi connectivity index (χ0) is 18.7. The van der Waals surface area contributed by atoms with Gasteiger partial charge in [-0.2, -0.15) is 4.98 Å². The normalized spacial score (nSPS) is 20.2. The second-order valence-electron chi connectivity index (χ2n) is 6.53. The van der Waals surface area contributed by atoms with Crippen molar-refractivity contribution >= 4 is 5.91 Å². The van der Waals surface area contributed by atoms with Gasteiger partial charge in [0.2, 0.25) is 0 Å². The largest absolute Gasteiger partial charge is 0.379 e. The lowest BCUT2D eigenvalue weighted by atomic mass is 9.92. The molecule has 1 aromatic heterocycles. The third-order valence-electron chi connectivity index (χ3n) is 4.77. The van der Waals surface area contributed by atoms with Crippen molar-refractivity contribution in [2.24, 2.45) is 0 Å². The fraction of sp³-hybridized carbons (Fsp3) is 0.421. The number of H-pyrrole nitrogens is 1. The molecule has 1 fully saturated rings. The number of nitrogens with zero attached hydrogens (tertiary/aromatic N) is 2. The first-order chi connectivity index (χ1) is 12.5. The van der Waals surface area contributed by atoms with E-state index in [-0.39, 0.29) is 29.6 Å². The summed E-state index contributed by atoms with van der Waals surface area (Å²) in [6.45, 7) is 2.22. The van der Waals surface area contributed by atoms with Crippen molar-refractivity contribution in [3.05, 3.63) is 63.6 Å². The van der Waals surface area contributed by atoms with Gasteiger partial charge in [0, 0.05) is 19.3 Å². The summed E-state index contributed by atoms with van der Waals surface area (Å²) in [5, 5.41) is 0. The van der Waals surface area contributed by atoms with E-state index in [2.05, 4.69) is 9.97 Å². The van der Waals surface area contributed by atoms with Gasteiger partial charge in [-0.3, -0.25) is 4.79 Å². The molecule has 138 valence electrons. The average Bonchev–Trinajstić information content (AvgIpc) is 2.62. The fourth-order valence-corrected chi connectivity index (χ4v) is 3.52. The maximum atomic E-state index is 14.1. The van der Waals surface area contributed by atoms with Gasteiger partial charge in [0.1, 0.15) is 11.5 Å². The van der Waals surface area contributed by atoms with E-state index in [9.17, 15) is 14.0 Å². The van der Waals surface area contributed by atoms with Gasteiger partial charge in [-0.05, 0) is 43.9 Å². The Bertz CT molecular complexity index is 852. The summed E-state index contributed by atoms with van der Waals surface area (Å²) < 4.78 is 19.7. The van der Waals surface area contributed by atoms with Crippen molar-refractivity contribution < 1.29 is 13.9 Å². The first kappa shape index (κ1) is 18.3. The second kappa shape index (κ2) is 7.78. The van der Waals surface area contributed by atoms with Crippen LogP contribution in [0.1, 0.15) is 34.6 Å². The Labute approximate surface area is 151 Å². The van der Waals surface area contributed by atoms with Crippen LogP contribution in [0.2, 0.25) is 0 Å². The summed E-state index contributed by atoms with van der Waals surface area (Å²) in [5.41, 5.74) is 0.648. The predicted octanol–water partition coefficient (Wildman–Crippen LogP) is 2.08. The number of carbonyl (C=O) groups excluding carboxylic acids is 1. The number of methoxy groups -OCH3 is 1. The van der Waals surface area contributed by atoms with Gasteiger partial charge < -0.3 is 14.6 Å². The van der Waals surface area contributed by atoms with Crippen molar-refractivity contribution in [2.45, 2.75) is 38.3 Å². The first-order valence-corrected chi connectivity index (χ1v) is 8.64. The molecule has 2 heterocycles. The van der Waals surface area contributed by atoms with Gasteiger partial charge in [0.25, 0.3) is 5.91 Å². The van der Waals surface area contributed by atoms with E-state index in [1.54, 1.807) is 43.2 Å². The lowest BCUT2D eigenvalue weighted by Gasteiger charge is -2.40. The van der Waals surface area contributed by atoms with Crippen molar-refractivity contribution in [1.29, 1.82) is 0 Å². The minimum Gasteiger partial charge on any atom is -0.379 e. The van der Waals surface area contributed by atoms with E-state index < -0.39 is 5.69 Å². The molecule has 3 rings (SSSR count). The number of aromatic amines is 1. The van der Waals surface area contributed by atoms with E-state index in [1.807, 2.05) is 0 Å². The summed E-state index contributed by atoms with van der Waals surface area (Å²) >= 11 is 0. The van der Waals surface area contributed by atoms with Crippen LogP contribution in [-0.2, 0) is 11.2 Å². The topological polar surface area (TPSA) is 75.3 Å². The smallest absolute Gasteiger partial charge is 0.345 e. The number of halogens is 1. The molecule has 1 aromatic carbocycles. The SMILES string of the molecule is CO[C@H]1CCCN(C(=O)c2cc(C)[nH]c(=O)n2)[C@H]1Cc1ccccc1F. The highest BCUT2D eigenvalue weighted by Gasteiger charge is 2.36. The molecule has 1 amide bonds. The van der Waals surface area contributed by atoms with E-state index in [0.29, 0.717) is 24.2 Å². The van der Waals surface area contributed by atoms with Crippen LogP contribution in [-0.4, -0.2) is 46.6 Å². The van der Waals surface area contributed by atoms with Crippen molar-refractivity contribution in [3.63, 3.8) is 0 Å². The summed E-state index contributed by atoms with van der Waals surface area (Å²) in [6, 6.07) is 7.78. The number of rotatable bonds is 4. The van der Waals surface area contributed by atoms with E-state index in [1.165, 1.54) is 6.07 Å². The van der Waals surface area contributed by atoms with Crippen LogP contribution in [0.25, 0.3) is 0 Å². The Balaban J connectivity index is 1.93. The van der Waals surface area contributed by atoms with Gasteiger partial charge in [0.05, 0.1) is 12.1 Å². The van der Waals surface area contributed by atoms with Gasteiger partial charge in [-0.15, -0.1) is 0 Å². The molecule has 0 radical (unpaired) electrons. The Kier molecular flexibility index (Phi) is 5.46. The number of hydrogen-bond donors (Lipinski definition) is 1. The highest BCUT2D eigenvalue weighted by atomic mass is 19.1. The number of carbonyl (C=O) groups is 1. The number of aryl methyl sites for hydroxylation is 1. The molecule has 26 heavy (non-hydrogen) atoms. The molecule has 0 aliphatic carbocycles. The minimum absolute atomic E-state index is 0.0986. The molecule has 0 saturated carbocycles. The zero-order valence-electron chi connectivity index (χ0n) is 14.9. The fourth-order valence-electron chi connectivity index (χ4n) is 3.52. The van der Waals surface area contributed by atoms with Crippen LogP contribution in [0.15, 0.2) is 35.1 Å². The third kappa shape index (κ3) is 3.83. The molecular weight excluding hydrogens is 337 g/mol. The Morgan fingerprint density at radius 1 is 1.42 bits per heavy atom. The molecule has 1 aliphatic heterocycles. The highest BCUT2D eigenvalue weighted by molar-refractivity contribution is 5.92. The van der Waals surface area contributed by atoms with Crippen LogP contribution in [0, 0.1) is 12.7 Å². The summed E-state index contributed by atoms with van der Waals surface area (Å²) in [6.07, 6.45) is 1.72. The lowest BCUT2D eigenvalue weighted by Crippen LogP contribution is -2.53. The average molecular weight is 359 g/mol. The molecule has 2 atom stereocenters. The number of nitrogens with one attached hydrogen (secondary N) is 1. The Morgan fingerprint density at radius 3 is 2.88 bits per heavy atom. The molecule has 2 aromatic rings. The number of amides is 1. The van der Waals surface area contributed by atoms with E-state index in [4.69, 9.17) is 4.74 Å². The van der Waals surface area contributed by atoms with Crippen LogP contribution in [0.3, 0.4) is 0 Å². The number of aromatic nitrogens is 2. The number of likely N-dealkylation sites (tertiary alicyclic amines) is 1. The van der Waals surface area contributed by atoms with Crippen LogP contribution in [0.5, 0.6) is 0 Å². The van der Waals surface area contributed by atoms with Gasteiger partial charge in [0.15, 0.2) is 0 Å². The van der Waals surface area contributed by atoms with Crippen molar-refractivity contribution in [2.75, 3.05) is 13.7 Å². The van der Waals surface area contributed by atoms with Crippen molar-refractivity contribution in [3.8, 4) is 0 Å². The summed E-state index contributed by atoms with van der Waals surface area (Å²) in [7, 11) is 1.60. The Morgan fingerprint density at radius 2 is 2.19 bits per heavy atom. The predicted molar refractivity (Wildman–Crippen MR) is 94.6 cm³/mol. The minimum atomic E-state index is -0.556. The molecule has 0 bridgehead atoms. The number of hydrogen-bond acceptors (Lipinski definition) is 4. The van der Waals surface area contributed by atoms with Gasteiger partial charge in [-0.25, -0.2) is 9.18 Å². The quantitative estimate of drug-likeness (QED) is 0.907. The molecule has 7 heteroatoms. The first-order valence-electron chi connectivity index (χ1n) is 8.64. The Hall–Kier alpha value is -2.54. The van der Waals surface area contributed by atoms with Crippen LogP contribution < -0.4 is 5.69 Å². The summed E-state index contributed by atoms with van der Waals surface area (Å²) in [5.74, 6) is -0.632. The standard InChI is InChI=1S/C19H22FN3O3/c1-12-10-15(22-19(25)21-12)18(24)23-9-5-8-17(26-2)16(23)11-13-6-3-4-7-14(13)20/h3-4,6-7,10,16-17H,5,8-9,11H2,1-2H3,(H,21,22,25)/t16-,17-/m0/s1. The van der Waals surface area contributed by atoms with Crippen molar-refractivity contribution in [1.82, 2.24) is 14.9 Å². The molecule has 1 aliphatic rings. The highest BCUT2D eigenvalue weighted by Crippen LogP contribution is 2.25. The number of benzene rings is 1. The van der Waals surface area contributed by atoms with Crippen LogP contribution >= 0.6 is 0 Å². The molecule has 0 spiro atoms. The maximum Gasteiger partial charge on any atom is 0.345 e. The van der Waals surface area contributed by atoms with E-state index in [0.717, 1.165) is 12.8 Å². The molecule has 0 unspecified atom stereocenters. The lowest BCUT2D eigenvalue weighted by molar-refractivity contribution is -0.0122.